The number of hydrogen-bond donors (Lipinski definition) is 1. The maximum atomic E-state index is 10.9. The maximum Gasteiger partial charge on any atom is 0.165 e. The fourth-order valence-electron chi connectivity index (χ4n) is 4.10. The summed E-state index contributed by atoms with van der Waals surface area (Å²) in [5, 5.41) is 10.9. The summed E-state index contributed by atoms with van der Waals surface area (Å²) in [4.78, 5) is 0. The Morgan fingerprint density at radius 1 is 1.39 bits per heavy atom. The van der Waals surface area contributed by atoms with Gasteiger partial charge in [-0.05, 0) is 43.7 Å². The average Bonchev–Trinajstić information content (AvgIpc) is 2.77. The lowest BCUT2D eigenvalue weighted by Crippen LogP contribution is -2.47. The highest BCUT2D eigenvalue weighted by atomic mass is 16.5. The van der Waals surface area contributed by atoms with Crippen molar-refractivity contribution in [2.24, 2.45) is 0 Å². The molecule has 3 aliphatic rings. The van der Waals surface area contributed by atoms with Gasteiger partial charge in [-0.25, -0.2) is 0 Å². The molecule has 3 atom stereocenters. The quantitative estimate of drug-likeness (QED) is 0.827. The van der Waals surface area contributed by atoms with Gasteiger partial charge in [-0.2, -0.15) is 0 Å². The van der Waals surface area contributed by atoms with Crippen molar-refractivity contribution in [1.82, 2.24) is 0 Å². The molecule has 1 N–H and O–H groups in total. The van der Waals surface area contributed by atoms with Gasteiger partial charge >= 0.3 is 0 Å². The van der Waals surface area contributed by atoms with Gasteiger partial charge in [0.2, 0.25) is 0 Å². The summed E-state index contributed by atoms with van der Waals surface area (Å²) in [6.45, 7) is 0. The second-order valence-corrected chi connectivity index (χ2v) is 5.80. The normalized spacial score (nSPS) is 35.9. The van der Waals surface area contributed by atoms with Gasteiger partial charge in [0.1, 0.15) is 6.10 Å². The summed E-state index contributed by atoms with van der Waals surface area (Å²) in [6.07, 6.45) is 4.99. The summed E-state index contributed by atoms with van der Waals surface area (Å²) < 4.78 is 11.5. The summed E-state index contributed by atoms with van der Waals surface area (Å²) in [5.41, 5.74) is 2.02. The van der Waals surface area contributed by atoms with Gasteiger partial charge < -0.3 is 14.6 Å². The van der Waals surface area contributed by atoms with Gasteiger partial charge in [0.15, 0.2) is 11.5 Å². The molecular formula is C15H18O3. The van der Waals surface area contributed by atoms with Gasteiger partial charge in [0.05, 0.1) is 18.6 Å². The van der Waals surface area contributed by atoms with E-state index in [1.54, 1.807) is 7.11 Å². The van der Waals surface area contributed by atoms with Crippen molar-refractivity contribution in [2.75, 3.05) is 7.11 Å². The molecule has 0 aromatic heterocycles. The zero-order valence-electron chi connectivity index (χ0n) is 10.6. The van der Waals surface area contributed by atoms with E-state index in [1.165, 1.54) is 11.1 Å². The summed E-state index contributed by atoms with van der Waals surface area (Å²) in [7, 11) is 1.68. The molecule has 1 aromatic rings. The van der Waals surface area contributed by atoms with Crippen molar-refractivity contribution in [2.45, 2.75) is 49.7 Å². The number of ether oxygens (including phenoxy) is 2. The molecule has 1 fully saturated rings. The molecule has 0 saturated heterocycles. The molecule has 1 heterocycles. The summed E-state index contributed by atoms with van der Waals surface area (Å²) >= 11 is 0. The van der Waals surface area contributed by atoms with Gasteiger partial charge in [-0.1, -0.05) is 6.07 Å². The monoisotopic (exact) mass is 246 g/mol. The number of hydrogen-bond acceptors (Lipinski definition) is 3. The van der Waals surface area contributed by atoms with Crippen molar-refractivity contribution in [3.05, 3.63) is 23.3 Å². The highest BCUT2D eigenvalue weighted by Crippen LogP contribution is 2.58. The Balaban J connectivity index is 1.94. The van der Waals surface area contributed by atoms with Crippen LogP contribution in [0.3, 0.4) is 0 Å². The van der Waals surface area contributed by atoms with Crippen LogP contribution in [0.4, 0.5) is 0 Å². The van der Waals surface area contributed by atoms with Crippen molar-refractivity contribution in [3.63, 3.8) is 0 Å². The zero-order chi connectivity index (χ0) is 12.3. The van der Waals surface area contributed by atoms with Gasteiger partial charge in [-0.15, -0.1) is 0 Å². The Labute approximate surface area is 107 Å². The van der Waals surface area contributed by atoms with Crippen LogP contribution >= 0.6 is 0 Å². The van der Waals surface area contributed by atoms with Crippen molar-refractivity contribution >= 4 is 0 Å². The molecular weight excluding hydrogens is 228 g/mol. The van der Waals surface area contributed by atoms with Crippen LogP contribution in [0, 0.1) is 0 Å². The van der Waals surface area contributed by atoms with Crippen LogP contribution < -0.4 is 9.47 Å². The zero-order valence-corrected chi connectivity index (χ0v) is 10.6. The largest absolute Gasteiger partial charge is 0.493 e. The molecule has 18 heavy (non-hydrogen) atoms. The van der Waals surface area contributed by atoms with Crippen LogP contribution in [-0.4, -0.2) is 23.9 Å². The first-order chi connectivity index (χ1) is 8.73. The first-order valence-electron chi connectivity index (χ1n) is 6.82. The third-order valence-corrected chi connectivity index (χ3v) is 4.93. The molecule has 1 aromatic carbocycles. The van der Waals surface area contributed by atoms with E-state index in [1.807, 2.05) is 6.07 Å². The van der Waals surface area contributed by atoms with E-state index in [0.29, 0.717) is 0 Å². The Kier molecular flexibility index (Phi) is 2.03. The number of methoxy groups -OCH3 is 1. The summed E-state index contributed by atoms with van der Waals surface area (Å²) in [5.74, 6) is 1.87. The lowest BCUT2D eigenvalue weighted by atomic mass is 9.64. The smallest absolute Gasteiger partial charge is 0.165 e. The molecule has 1 saturated carbocycles. The molecule has 3 heteroatoms. The SMILES string of the molecule is COc1ccc2c3c1O[C@@H]1CCCC(O)(CC2)C31. The van der Waals surface area contributed by atoms with Crippen molar-refractivity contribution in [1.29, 1.82) is 0 Å². The molecule has 2 unspecified atom stereocenters. The van der Waals surface area contributed by atoms with E-state index >= 15 is 0 Å². The molecule has 0 spiro atoms. The standard InChI is InChI=1S/C15H18O3/c1-17-11-5-4-9-6-8-15(16)7-2-3-10-13(15)12(9)14(11)18-10/h4-5,10,13,16H,2-3,6-8H2,1H3/t10-,13?,15?/m1/s1. The Hall–Kier alpha value is -1.22. The minimum atomic E-state index is -0.548. The third kappa shape index (κ3) is 1.18. The molecule has 0 amide bonds. The lowest BCUT2D eigenvalue weighted by Gasteiger charge is -2.43. The number of benzene rings is 1. The highest BCUT2D eigenvalue weighted by molar-refractivity contribution is 5.58. The fraction of sp³-hybridized carbons (Fsp3) is 0.600. The Bertz CT molecular complexity index is 511. The molecule has 4 rings (SSSR count). The minimum absolute atomic E-state index is 0.147. The van der Waals surface area contributed by atoms with Crippen LogP contribution in [0.15, 0.2) is 12.1 Å². The van der Waals surface area contributed by atoms with E-state index in [2.05, 4.69) is 6.07 Å². The first-order valence-corrected chi connectivity index (χ1v) is 6.82. The predicted octanol–water partition coefficient (Wildman–Crippen LogP) is 2.40. The number of aliphatic hydroxyl groups is 1. The Morgan fingerprint density at radius 2 is 2.28 bits per heavy atom. The molecule has 96 valence electrons. The molecule has 0 radical (unpaired) electrons. The van der Waals surface area contributed by atoms with Crippen molar-refractivity contribution < 1.29 is 14.6 Å². The maximum absolute atomic E-state index is 10.9. The van der Waals surface area contributed by atoms with E-state index in [0.717, 1.165) is 43.6 Å². The summed E-state index contributed by atoms with van der Waals surface area (Å²) in [6, 6.07) is 4.13. The highest BCUT2D eigenvalue weighted by Gasteiger charge is 2.54. The number of rotatable bonds is 1. The molecule has 2 aliphatic carbocycles. The number of aryl methyl sites for hydroxylation is 1. The minimum Gasteiger partial charge on any atom is -0.493 e. The van der Waals surface area contributed by atoms with E-state index in [4.69, 9.17) is 9.47 Å². The van der Waals surface area contributed by atoms with Crippen LogP contribution in [0.1, 0.15) is 42.7 Å². The van der Waals surface area contributed by atoms with E-state index < -0.39 is 5.60 Å². The first kappa shape index (κ1) is 10.7. The van der Waals surface area contributed by atoms with E-state index in [-0.39, 0.29) is 12.0 Å². The topological polar surface area (TPSA) is 38.7 Å². The molecule has 3 nitrogen and oxygen atoms in total. The second kappa shape index (κ2) is 3.41. The van der Waals surface area contributed by atoms with Crippen LogP contribution in [-0.2, 0) is 6.42 Å². The molecule has 1 aliphatic heterocycles. The van der Waals surface area contributed by atoms with Gasteiger partial charge in [0.25, 0.3) is 0 Å². The lowest BCUT2D eigenvalue weighted by molar-refractivity contribution is -0.0582. The second-order valence-electron chi connectivity index (χ2n) is 5.80. The van der Waals surface area contributed by atoms with Gasteiger partial charge in [0, 0.05) is 5.56 Å². The third-order valence-electron chi connectivity index (χ3n) is 4.93. The fourth-order valence-corrected chi connectivity index (χ4v) is 4.10. The Morgan fingerprint density at radius 3 is 3.11 bits per heavy atom. The van der Waals surface area contributed by atoms with Gasteiger partial charge in [-0.3, -0.25) is 0 Å². The van der Waals surface area contributed by atoms with Crippen molar-refractivity contribution in [3.8, 4) is 11.5 Å². The van der Waals surface area contributed by atoms with Crippen LogP contribution in [0.2, 0.25) is 0 Å². The average molecular weight is 246 g/mol. The molecule has 0 bridgehead atoms. The van der Waals surface area contributed by atoms with Crippen LogP contribution in [0.5, 0.6) is 11.5 Å². The van der Waals surface area contributed by atoms with E-state index in [9.17, 15) is 5.11 Å². The van der Waals surface area contributed by atoms with Crippen LogP contribution in [0.25, 0.3) is 0 Å². The predicted molar refractivity (Wildman–Crippen MR) is 67.3 cm³/mol.